The van der Waals surface area contributed by atoms with E-state index in [0.717, 1.165) is 22.6 Å². The molecule has 3 aromatic rings. The van der Waals surface area contributed by atoms with Crippen molar-refractivity contribution in [3.63, 3.8) is 0 Å². The Labute approximate surface area is 162 Å². The SMILES string of the molecule is COc1ccc(Nc2sc(C(=O)c3ccc(C)cc3C)c(N)c2C#N)cc1. The van der Waals surface area contributed by atoms with E-state index in [4.69, 9.17) is 10.5 Å². The molecule has 0 aliphatic rings. The average Bonchev–Trinajstić information content (AvgIpc) is 2.97. The van der Waals surface area contributed by atoms with Crippen molar-refractivity contribution in [3.05, 3.63) is 69.6 Å². The normalized spacial score (nSPS) is 10.3. The number of nitrogens with two attached hydrogens (primary N) is 1. The van der Waals surface area contributed by atoms with Crippen LogP contribution in [-0.2, 0) is 0 Å². The number of nitrogens with one attached hydrogen (secondary N) is 1. The topological polar surface area (TPSA) is 88.1 Å². The van der Waals surface area contributed by atoms with Crippen molar-refractivity contribution >= 4 is 33.5 Å². The molecule has 3 N–H and O–H groups in total. The molecule has 0 spiro atoms. The van der Waals surface area contributed by atoms with Gasteiger partial charge in [-0.25, -0.2) is 0 Å². The highest BCUT2D eigenvalue weighted by Crippen LogP contribution is 2.38. The largest absolute Gasteiger partial charge is 0.497 e. The highest BCUT2D eigenvalue weighted by Gasteiger charge is 2.23. The Kier molecular flexibility index (Phi) is 5.15. The van der Waals surface area contributed by atoms with Crippen LogP contribution in [0.3, 0.4) is 0 Å². The van der Waals surface area contributed by atoms with Gasteiger partial charge in [0, 0.05) is 11.3 Å². The van der Waals surface area contributed by atoms with Crippen molar-refractivity contribution in [1.29, 1.82) is 5.26 Å². The van der Waals surface area contributed by atoms with Crippen molar-refractivity contribution in [2.75, 3.05) is 18.2 Å². The Balaban J connectivity index is 1.98. The molecule has 27 heavy (non-hydrogen) atoms. The standard InChI is InChI=1S/C21H19N3O2S/c1-12-4-9-16(13(2)10-12)19(25)20-18(23)17(11-22)21(27-20)24-14-5-7-15(26-3)8-6-14/h4-10,24H,23H2,1-3H3. The molecule has 1 aromatic heterocycles. The number of anilines is 3. The molecule has 0 saturated heterocycles. The van der Waals surface area contributed by atoms with E-state index >= 15 is 0 Å². The summed E-state index contributed by atoms with van der Waals surface area (Å²) >= 11 is 1.19. The van der Waals surface area contributed by atoms with Crippen LogP contribution in [0.5, 0.6) is 5.75 Å². The first-order valence-electron chi connectivity index (χ1n) is 8.30. The lowest BCUT2D eigenvalue weighted by Crippen LogP contribution is -2.05. The first-order chi connectivity index (χ1) is 12.9. The van der Waals surface area contributed by atoms with Crippen LogP contribution in [0, 0.1) is 25.2 Å². The second-order valence-corrected chi connectivity index (χ2v) is 7.18. The molecule has 0 radical (unpaired) electrons. The first-order valence-corrected chi connectivity index (χ1v) is 9.11. The molecule has 3 rings (SSSR count). The van der Waals surface area contributed by atoms with Gasteiger partial charge in [0.05, 0.1) is 12.8 Å². The average molecular weight is 377 g/mol. The molecule has 0 fully saturated rings. The number of hydrogen-bond acceptors (Lipinski definition) is 6. The number of methoxy groups -OCH3 is 1. The Bertz CT molecular complexity index is 1050. The summed E-state index contributed by atoms with van der Waals surface area (Å²) in [7, 11) is 1.60. The van der Waals surface area contributed by atoms with Crippen molar-refractivity contribution in [1.82, 2.24) is 0 Å². The van der Waals surface area contributed by atoms with E-state index in [9.17, 15) is 10.1 Å². The van der Waals surface area contributed by atoms with E-state index in [2.05, 4.69) is 11.4 Å². The molecule has 0 bridgehead atoms. The molecule has 5 nitrogen and oxygen atoms in total. The van der Waals surface area contributed by atoms with Gasteiger partial charge >= 0.3 is 0 Å². The molecule has 0 atom stereocenters. The van der Waals surface area contributed by atoms with E-state index in [1.807, 2.05) is 50.2 Å². The summed E-state index contributed by atoms with van der Waals surface area (Å²) in [4.78, 5) is 13.4. The highest BCUT2D eigenvalue weighted by atomic mass is 32.1. The maximum Gasteiger partial charge on any atom is 0.205 e. The highest BCUT2D eigenvalue weighted by molar-refractivity contribution is 7.19. The minimum absolute atomic E-state index is 0.172. The molecule has 2 aromatic carbocycles. The number of aryl methyl sites for hydroxylation is 2. The summed E-state index contributed by atoms with van der Waals surface area (Å²) < 4.78 is 5.15. The minimum atomic E-state index is -0.172. The van der Waals surface area contributed by atoms with Crippen LogP contribution in [0.25, 0.3) is 0 Å². The number of carbonyl (C=O) groups excluding carboxylic acids is 1. The summed E-state index contributed by atoms with van der Waals surface area (Å²) in [6.07, 6.45) is 0. The van der Waals surface area contributed by atoms with Gasteiger partial charge in [-0.15, -0.1) is 11.3 Å². The fraction of sp³-hybridized carbons (Fsp3) is 0.143. The fourth-order valence-electron chi connectivity index (χ4n) is 2.81. The predicted octanol–water partition coefficient (Wildman–Crippen LogP) is 4.80. The summed E-state index contributed by atoms with van der Waals surface area (Å²) in [6, 6.07) is 15.1. The van der Waals surface area contributed by atoms with Gasteiger partial charge in [0.2, 0.25) is 5.78 Å². The molecule has 0 aliphatic carbocycles. The van der Waals surface area contributed by atoms with Gasteiger partial charge in [0.15, 0.2) is 0 Å². The van der Waals surface area contributed by atoms with Gasteiger partial charge in [-0.3, -0.25) is 4.79 Å². The van der Waals surface area contributed by atoms with Gasteiger partial charge in [0.1, 0.15) is 27.3 Å². The van der Waals surface area contributed by atoms with Gasteiger partial charge in [-0.2, -0.15) is 5.26 Å². The van der Waals surface area contributed by atoms with Crippen molar-refractivity contribution in [2.24, 2.45) is 0 Å². The van der Waals surface area contributed by atoms with E-state index in [0.29, 0.717) is 15.4 Å². The summed E-state index contributed by atoms with van der Waals surface area (Å²) in [5, 5.41) is 13.2. The smallest absolute Gasteiger partial charge is 0.205 e. The van der Waals surface area contributed by atoms with E-state index < -0.39 is 0 Å². The number of benzene rings is 2. The zero-order chi connectivity index (χ0) is 19.6. The maximum absolute atomic E-state index is 13.0. The van der Waals surface area contributed by atoms with Gasteiger partial charge in [-0.05, 0) is 43.7 Å². The summed E-state index contributed by atoms with van der Waals surface area (Å²) in [5.41, 5.74) is 9.97. The lowest BCUT2D eigenvalue weighted by atomic mass is 10.0. The zero-order valence-corrected chi connectivity index (χ0v) is 16.1. The van der Waals surface area contributed by atoms with Crippen molar-refractivity contribution < 1.29 is 9.53 Å². The van der Waals surface area contributed by atoms with Crippen LogP contribution in [-0.4, -0.2) is 12.9 Å². The van der Waals surface area contributed by atoms with Gasteiger partial charge in [-0.1, -0.05) is 23.8 Å². The fourth-order valence-corrected chi connectivity index (χ4v) is 3.85. The maximum atomic E-state index is 13.0. The molecule has 6 heteroatoms. The van der Waals surface area contributed by atoms with Crippen LogP contribution in [0.1, 0.15) is 31.9 Å². The second kappa shape index (κ2) is 7.52. The molecule has 136 valence electrons. The number of rotatable bonds is 5. The first kappa shape index (κ1) is 18.5. The van der Waals surface area contributed by atoms with Crippen LogP contribution in [0.15, 0.2) is 42.5 Å². The second-order valence-electron chi connectivity index (χ2n) is 6.16. The molecule has 1 heterocycles. The number of ketones is 1. The third-order valence-corrected chi connectivity index (χ3v) is 5.36. The molecule has 0 saturated carbocycles. The van der Waals surface area contributed by atoms with Crippen LogP contribution >= 0.6 is 11.3 Å². The molecule has 0 aliphatic heterocycles. The van der Waals surface area contributed by atoms with E-state index in [-0.39, 0.29) is 17.0 Å². The van der Waals surface area contributed by atoms with E-state index in [1.54, 1.807) is 13.2 Å². The number of thiophene rings is 1. The third kappa shape index (κ3) is 3.64. The van der Waals surface area contributed by atoms with Crippen molar-refractivity contribution in [2.45, 2.75) is 13.8 Å². The molecule has 0 amide bonds. The number of carbonyl (C=O) groups is 1. The minimum Gasteiger partial charge on any atom is -0.497 e. The van der Waals surface area contributed by atoms with Crippen LogP contribution in [0.4, 0.5) is 16.4 Å². The monoisotopic (exact) mass is 377 g/mol. The summed E-state index contributed by atoms with van der Waals surface area (Å²) in [6.45, 7) is 3.87. The number of hydrogen-bond donors (Lipinski definition) is 2. The zero-order valence-electron chi connectivity index (χ0n) is 15.3. The Morgan fingerprint density at radius 2 is 1.89 bits per heavy atom. The Morgan fingerprint density at radius 3 is 2.48 bits per heavy atom. The number of ether oxygens (including phenoxy) is 1. The van der Waals surface area contributed by atoms with Crippen molar-refractivity contribution in [3.8, 4) is 11.8 Å². The lowest BCUT2D eigenvalue weighted by molar-refractivity contribution is 0.104. The van der Waals surface area contributed by atoms with Crippen LogP contribution < -0.4 is 15.8 Å². The van der Waals surface area contributed by atoms with Crippen LogP contribution in [0.2, 0.25) is 0 Å². The molecular formula is C21H19N3O2S. The summed E-state index contributed by atoms with van der Waals surface area (Å²) in [5.74, 6) is 0.562. The Morgan fingerprint density at radius 1 is 1.19 bits per heavy atom. The van der Waals surface area contributed by atoms with Gasteiger partial charge < -0.3 is 15.8 Å². The van der Waals surface area contributed by atoms with Gasteiger partial charge in [0.25, 0.3) is 0 Å². The predicted molar refractivity (Wildman–Crippen MR) is 109 cm³/mol. The number of nitrogens with zero attached hydrogens (tertiary/aromatic N) is 1. The Hall–Kier alpha value is -3.30. The third-order valence-electron chi connectivity index (χ3n) is 4.24. The quantitative estimate of drug-likeness (QED) is 0.624. The lowest BCUT2D eigenvalue weighted by Gasteiger charge is -2.06. The number of nitrogen functional groups attached to an aromatic ring is 1. The molecular weight excluding hydrogens is 358 g/mol. The molecule has 0 unspecified atom stereocenters. The number of nitriles is 1. The van der Waals surface area contributed by atoms with E-state index in [1.165, 1.54) is 11.3 Å².